The van der Waals surface area contributed by atoms with Crippen LogP contribution in [0.25, 0.3) is 0 Å². The van der Waals surface area contributed by atoms with Gasteiger partial charge < -0.3 is 19.7 Å². The predicted molar refractivity (Wildman–Crippen MR) is 95.8 cm³/mol. The number of ether oxygens (including phenoxy) is 2. The van der Waals surface area contributed by atoms with Crippen molar-refractivity contribution >= 4 is 17.5 Å². The van der Waals surface area contributed by atoms with Crippen LogP contribution in [0.3, 0.4) is 0 Å². The number of rotatable bonds is 8. The molecule has 0 spiro atoms. The fraction of sp³-hybridized carbons (Fsp3) is 0.263. The number of benzene rings is 2. The largest absolute Gasteiger partial charge is 0.497 e. The molecule has 2 aromatic carbocycles. The Morgan fingerprint density at radius 2 is 1.85 bits per heavy atom. The average molecular weight is 360 g/mol. The number of carbonyl (C=O) groups excluding carboxylic acids is 2. The number of methoxy groups -OCH3 is 1. The molecule has 0 radical (unpaired) electrons. The molecule has 2 aromatic rings. The Balaban J connectivity index is 1.88. The van der Waals surface area contributed by atoms with Gasteiger partial charge in [0.15, 0.2) is 6.61 Å². The molecule has 0 aliphatic heterocycles. The molecular formula is C19H21FN2O4. The van der Waals surface area contributed by atoms with Gasteiger partial charge in [-0.2, -0.15) is 0 Å². The molecule has 2 amide bonds. The van der Waals surface area contributed by atoms with Crippen molar-refractivity contribution in [2.75, 3.05) is 32.1 Å². The van der Waals surface area contributed by atoms with Gasteiger partial charge in [-0.15, -0.1) is 0 Å². The van der Waals surface area contributed by atoms with E-state index in [0.717, 1.165) is 0 Å². The highest BCUT2D eigenvalue weighted by Gasteiger charge is 2.16. The second-order valence-corrected chi connectivity index (χ2v) is 5.43. The van der Waals surface area contributed by atoms with Crippen molar-refractivity contribution in [3.63, 3.8) is 0 Å². The van der Waals surface area contributed by atoms with Crippen LogP contribution in [-0.2, 0) is 9.59 Å². The second-order valence-electron chi connectivity index (χ2n) is 5.43. The SMILES string of the molecule is CCN(CC(=O)Nc1cccc(OC)c1)C(=O)COc1cccc(F)c1. The van der Waals surface area contributed by atoms with Crippen LogP contribution in [-0.4, -0.2) is 43.5 Å². The fourth-order valence-corrected chi connectivity index (χ4v) is 2.24. The lowest BCUT2D eigenvalue weighted by Gasteiger charge is -2.20. The molecule has 0 saturated heterocycles. The first kappa shape index (κ1) is 19.2. The normalized spacial score (nSPS) is 10.1. The van der Waals surface area contributed by atoms with Gasteiger partial charge in [0.05, 0.1) is 13.7 Å². The maximum Gasteiger partial charge on any atom is 0.260 e. The lowest BCUT2D eigenvalue weighted by Crippen LogP contribution is -2.40. The smallest absolute Gasteiger partial charge is 0.260 e. The summed E-state index contributed by atoms with van der Waals surface area (Å²) in [7, 11) is 1.54. The number of halogens is 1. The minimum atomic E-state index is -0.444. The monoisotopic (exact) mass is 360 g/mol. The summed E-state index contributed by atoms with van der Waals surface area (Å²) in [5, 5.41) is 2.71. The Kier molecular flexibility index (Phi) is 6.96. The molecule has 7 heteroatoms. The van der Waals surface area contributed by atoms with E-state index in [9.17, 15) is 14.0 Å². The highest BCUT2D eigenvalue weighted by Crippen LogP contribution is 2.16. The fourth-order valence-electron chi connectivity index (χ4n) is 2.24. The Labute approximate surface area is 151 Å². The number of nitrogens with zero attached hydrogens (tertiary/aromatic N) is 1. The van der Waals surface area contributed by atoms with E-state index in [-0.39, 0.29) is 30.7 Å². The molecule has 0 fully saturated rings. The van der Waals surface area contributed by atoms with Crippen LogP contribution in [0, 0.1) is 5.82 Å². The maximum atomic E-state index is 13.1. The molecule has 0 aliphatic carbocycles. The van der Waals surface area contributed by atoms with E-state index in [1.165, 1.54) is 30.2 Å². The zero-order valence-corrected chi connectivity index (χ0v) is 14.7. The first-order valence-corrected chi connectivity index (χ1v) is 8.12. The summed E-state index contributed by atoms with van der Waals surface area (Å²) in [6.45, 7) is 1.72. The van der Waals surface area contributed by atoms with Crippen molar-refractivity contribution in [1.29, 1.82) is 0 Å². The third-order valence-electron chi connectivity index (χ3n) is 3.58. The van der Waals surface area contributed by atoms with Gasteiger partial charge >= 0.3 is 0 Å². The first-order valence-electron chi connectivity index (χ1n) is 8.12. The second kappa shape index (κ2) is 9.41. The van der Waals surface area contributed by atoms with E-state index in [2.05, 4.69) is 5.32 Å². The van der Waals surface area contributed by atoms with Gasteiger partial charge in [0.1, 0.15) is 17.3 Å². The highest BCUT2D eigenvalue weighted by atomic mass is 19.1. The van der Waals surface area contributed by atoms with Crippen LogP contribution in [0.4, 0.5) is 10.1 Å². The van der Waals surface area contributed by atoms with Gasteiger partial charge in [-0.25, -0.2) is 4.39 Å². The maximum absolute atomic E-state index is 13.1. The topological polar surface area (TPSA) is 67.9 Å². The van der Waals surface area contributed by atoms with Gasteiger partial charge in [0, 0.05) is 24.4 Å². The predicted octanol–water partition coefficient (Wildman–Crippen LogP) is 2.70. The van der Waals surface area contributed by atoms with Gasteiger partial charge in [0.25, 0.3) is 5.91 Å². The molecule has 0 saturated carbocycles. The van der Waals surface area contributed by atoms with Crippen molar-refractivity contribution in [1.82, 2.24) is 4.90 Å². The number of nitrogens with one attached hydrogen (secondary N) is 1. The Hall–Kier alpha value is -3.09. The standard InChI is InChI=1S/C19H21FN2O4/c1-3-22(19(24)13-26-17-9-4-6-14(20)10-17)12-18(23)21-15-7-5-8-16(11-15)25-2/h4-11H,3,12-13H2,1-2H3,(H,21,23). The summed E-state index contributed by atoms with van der Waals surface area (Å²) in [5.74, 6) is -0.262. The molecule has 2 rings (SSSR count). The van der Waals surface area contributed by atoms with Gasteiger partial charge in [-0.3, -0.25) is 9.59 Å². The number of amides is 2. The summed E-state index contributed by atoms with van der Waals surface area (Å²) < 4.78 is 23.5. The van der Waals surface area contributed by atoms with E-state index in [1.54, 1.807) is 37.3 Å². The van der Waals surface area contributed by atoms with Crippen molar-refractivity contribution in [3.8, 4) is 11.5 Å². The summed E-state index contributed by atoms with van der Waals surface area (Å²) in [4.78, 5) is 25.8. The molecule has 0 atom stereocenters. The van der Waals surface area contributed by atoms with E-state index in [1.807, 2.05) is 0 Å². The molecule has 6 nitrogen and oxygen atoms in total. The Morgan fingerprint density at radius 3 is 2.54 bits per heavy atom. The minimum absolute atomic E-state index is 0.112. The third-order valence-corrected chi connectivity index (χ3v) is 3.58. The summed E-state index contributed by atoms with van der Waals surface area (Å²) in [5.41, 5.74) is 0.578. The summed E-state index contributed by atoms with van der Waals surface area (Å²) >= 11 is 0. The van der Waals surface area contributed by atoms with Gasteiger partial charge in [-0.05, 0) is 31.2 Å². The van der Waals surface area contributed by atoms with Crippen molar-refractivity contribution in [2.24, 2.45) is 0 Å². The van der Waals surface area contributed by atoms with Gasteiger partial charge in [0.2, 0.25) is 5.91 Å². The van der Waals surface area contributed by atoms with Crippen LogP contribution >= 0.6 is 0 Å². The minimum Gasteiger partial charge on any atom is -0.497 e. The quantitative estimate of drug-likeness (QED) is 0.786. The Bertz CT molecular complexity index is 767. The highest BCUT2D eigenvalue weighted by molar-refractivity contribution is 5.94. The molecule has 0 unspecified atom stereocenters. The van der Waals surface area contributed by atoms with E-state index in [0.29, 0.717) is 18.0 Å². The number of hydrogen-bond acceptors (Lipinski definition) is 4. The lowest BCUT2D eigenvalue weighted by atomic mass is 10.3. The molecule has 0 aromatic heterocycles. The van der Waals surface area contributed by atoms with Crippen LogP contribution in [0.15, 0.2) is 48.5 Å². The number of hydrogen-bond donors (Lipinski definition) is 1. The Morgan fingerprint density at radius 1 is 1.12 bits per heavy atom. The number of likely N-dealkylation sites (N-methyl/N-ethyl adjacent to an activating group) is 1. The average Bonchev–Trinajstić information content (AvgIpc) is 2.64. The molecule has 1 N–H and O–H groups in total. The van der Waals surface area contributed by atoms with Crippen LogP contribution in [0.1, 0.15) is 6.92 Å². The number of carbonyl (C=O) groups is 2. The summed E-state index contributed by atoms with van der Waals surface area (Å²) in [6.07, 6.45) is 0. The first-order chi connectivity index (χ1) is 12.5. The van der Waals surface area contributed by atoms with Crippen LogP contribution in [0.2, 0.25) is 0 Å². The molecule has 0 heterocycles. The molecular weight excluding hydrogens is 339 g/mol. The zero-order chi connectivity index (χ0) is 18.9. The third kappa shape index (κ3) is 5.77. The zero-order valence-electron chi connectivity index (χ0n) is 14.7. The van der Waals surface area contributed by atoms with Crippen LogP contribution < -0.4 is 14.8 Å². The molecule has 0 bridgehead atoms. The van der Waals surface area contributed by atoms with Gasteiger partial charge in [-0.1, -0.05) is 12.1 Å². The molecule has 0 aliphatic rings. The summed E-state index contributed by atoms with van der Waals surface area (Å²) in [6, 6.07) is 12.5. The lowest BCUT2D eigenvalue weighted by molar-refractivity contribution is -0.136. The van der Waals surface area contributed by atoms with E-state index in [4.69, 9.17) is 9.47 Å². The van der Waals surface area contributed by atoms with Crippen molar-refractivity contribution < 1.29 is 23.5 Å². The molecule has 138 valence electrons. The van der Waals surface area contributed by atoms with E-state index >= 15 is 0 Å². The van der Waals surface area contributed by atoms with Crippen LogP contribution in [0.5, 0.6) is 11.5 Å². The van der Waals surface area contributed by atoms with E-state index < -0.39 is 5.82 Å². The van der Waals surface area contributed by atoms with Crippen molar-refractivity contribution in [2.45, 2.75) is 6.92 Å². The number of anilines is 1. The molecule has 26 heavy (non-hydrogen) atoms. The van der Waals surface area contributed by atoms with Crippen molar-refractivity contribution in [3.05, 3.63) is 54.3 Å².